The number of aromatic nitrogens is 4. The molecule has 3 heterocycles. The zero-order valence-electron chi connectivity index (χ0n) is 16.7. The highest BCUT2D eigenvalue weighted by molar-refractivity contribution is 5.82. The van der Waals surface area contributed by atoms with Gasteiger partial charge in [-0.2, -0.15) is 10.1 Å². The van der Waals surface area contributed by atoms with Crippen molar-refractivity contribution in [3.8, 4) is 11.5 Å². The van der Waals surface area contributed by atoms with E-state index in [4.69, 9.17) is 15.2 Å². The molecule has 4 rings (SSSR count). The van der Waals surface area contributed by atoms with Crippen LogP contribution in [0.25, 0.3) is 11.2 Å². The number of rotatable bonds is 6. The Kier molecular flexibility index (Phi) is 5.67. The number of nitrogen functional groups attached to an aromatic ring is 1. The smallest absolute Gasteiger partial charge is 0.280 e. The van der Waals surface area contributed by atoms with Crippen LogP contribution in [0.3, 0.4) is 0 Å². The quantitative estimate of drug-likeness (QED) is 0.170. The lowest BCUT2D eigenvalue weighted by molar-refractivity contribution is -0.0501. The van der Waals surface area contributed by atoms with Crippen LogP contribution in [0.5, 0.6) is 11.5 Å². The minimum absolute atomic E-state index is 0.0231. The predicted molar refractivity (Wildman–Crippen MR) is 111 cm³/mol. The third kappa shape index (κ3) is 3.71. The number of nitrogens with zero attached hydrogens (tertiary/aromatic N) is 4. The number of anilines is 2. The van der Waals surface area contributed by atoms with Gasteiger partial charge in [0.2, 0.25) is 11.9 Å². The average molecular weight is 447 g/mol. The fourth-order valence-electron chi connectivity index (χ4n) is 3.35. The van der Waals surface area contributed by atoms with E-state index in [1.54, 1.807) is 12.1 Å². The van der Waals surface area contributed by atoms with Crippen molar-refractivity contribution in [1.29, 1.82) is 0 Å². The Hall–Kier alpha value is -3.72. The fourth-order valence-corrected chi connectivity index (χ4v) is 3.35. The van der Waals surface area contributed by atoms with Crippen LogP contribution in [-0.4, -0.2) is 78.2 Å². The number of H-pyrrole nitrogens is 1. The van der Waals surface area contributed by atoms with Crippen LogP contribution in [0.2, 0.25) is 0 Å². The van der Waals surface area contributed by atoms with Gasteiger partial charge in [0.25, 0.3) is 5.56 Å². The van der Waals surface area contributed by atoms with Crippen LogP contribution in [0.4, 0.5) is 11.9 Å². The average Bonchev–Trinajstić information content (AvgIpc) is 3.26. The minimum Gasteiger partial charge on any atom is -0.504 e. The van der Waals surface area contributed by atoms with E-state index in [1.165, 1.54) is 24.0 Å². The first-order valence-corrected chi connectivity index (χ1v) is 9.40. The van der Waals surface area contributed by atoms with Crippen LogP contribution in [-0.2, 0) is 4.74 Å². The number of aromatic amines is 1. The molecule has 1 fully saturated rings. The van der Waals surface area contributed by atoms with Gasteiger partial charge in [-0.15, -0.1) is 0 Å². The number of hydrazone groups is 1. The van der Waals surface area contributed by atoms with Gasteiger partial charge in [0.1, 0.15) is 18.3 Å². The van der Waals surface area contributed by atoms with Gasteiger partial charge in [-0.1, -0.05) is 0 Å². The van der Waals surface area contributed by atoms with Gasteiger partial charge in [0, 0.05) is 0 Å². The first kappa shape index (κ1) is 21.5. The number of fused-ring (bicyclic) bond motifs is 1. The molecule has 0 unspecified atom stereocenters. The largest absolute Gasteiger partial charge is 0.504 e. The summed E-state index contributed by atoms with van der Waals surface area (Å²) in [5.74, 6) is -0.0207. The molecule has 14 heteroatoms. The summed E-state index contributed by atoms with van der Waals surface area (Å²) >= 11 is 0. The van der Waals surface area contributed by atoms with Crippen molar-refractivity contribution >= 4 is 29.3 Å². The second-order valence-electron chi connectivity index (χ2n) is 6.96. The van der Waals surface area contributed by atoms with Gasteiger partial charge in [-0.05, 0) is 23.8 Å². The number of benzene rings is 1. The molecule has 0 spiro atoms. The molecule has 1 aliphatic heterocycles. The molecule has 3 aromatic rings. The number of imidazole rings is 1. The van der Waals surface area contributed by atoms with Crippen LogP contribution < -0.4 is 21.5 Å². The molecule has 170 valence electrons. The molecule has 1 aliphatic rings. The molecule has 32 heavy (non-hydrogen) atoms. The van der Waals surface area contributed by atoms with E-state index in [9.17, 15) is 25.2 Å². The SMILES string of the molecule is COc1cc(/C=N\Nc2nc3c(=O)[nH]c(N)nc3n2[C@@H]2O[C@@H](CO)[C@@H](O)[C@@H]2O)ccc1O. The van der Waals surface area contributed by atoms with Crippen molar-refractivity contribution < 1.29 is 29.9 Å². The highest BCUT2D eigenvalue weighted by Crippen LogP contribution is 2.34. The summed E-state index contributed by atoms with van der Waals surface area (Å²) in [5, 5.41) is 43.7. The van der Waals surface area contributed by atoms with Gasteiger partial charge in [0.05, 0.1) is 19.9 Å². The highest BCUT2D eigenvalue weighted by atomic mass is 16.6. The number of nitrogens with two attached hydrogens (primary N) is 1. The standard InChI is InChI=1S/C18H21N7O7/c1-31-9-4-7(2-3-8(9)27)5-20-24-18-21-11-14(22-17(19)23-15(11)30)25(18)16-13(29)12(28)10(6-26)32-16/h2-5,10,12-13,16,26-29H,6H2,1H3,(H,21,24)(H3,19,22,23,30)/b20-5-/t10-,12+,13-,16+/m0/s1. The van der Waals surface area contributed by atoms with Crippen molar-refractivity contribution in [2.75, 3.05) is 24.9 Å². The first-order chi connectivity index (χ1) is 15.3. The monoisotopic (exact) mass is 447 g/mol. The van der Waals surface area contributed by atoms with Crippen molar-refractivity contribution in [2.24, 2.45) is 5.10 Å². The summed E-state index contributed by atoms with van der Waals surface area (Å²) in [6, 6.07) is 4.56. The highest BCUT2D eigenvalue weighted by Gasteiger charge is 2.45. The first-order valence-electron chi connectivity index (χ1n) is 9.40. The van der Waals surface area contributed by atoms with Crippen molar-refractivity contribution in [2.45, 2.75) is 24.5 Å². The van der Waals surface area contributed by atoms with Gasteiger partial charge in [0.15, 0.2) is 28.9 Å². The van der Waals surface area contributed by atoms with E-state index in [1.807, 2.05) is 0 Å². The molecule has 2 aromatic heterocycles. The summed E-state index contributed by atoms with van der Waals surface area (Å²) < 4.78 is 11.8. The minimum atomic E-state index is -1.46. The number of aromatic hydroxyl groups is 1. The number of nitrogens with one attached hydrogen (secondary N) is 2. The maximum Gasteiger partial charge on any atom is 0.280 e. The Bertz CT molecular complexity index is 1220. The van der Waals surface area contributed by atoms with Crippen molar-refractivity contribution in [3.63, 3.8) is 0 Å². The Morgan fingerprint density at radius 2 is 2.16 bits per heavy atom. The van der Waals surface area contributed by atoms with Gasteiger partial charge < -0.3 is 35.6 Å². The Morgan fingerprint density at radius 1 is 1.38 bits per heavy atom. The Labute approximate surface area is 179 Å². The summed E-state index contributed by atoms with van der Waals surface area (Å²) in [6.45, 7) is -0.541. The molecule has 0 bridgehead atoms. The van der Waals surface area contributed by atoms with E-state index in [0.29, 0.717) is 5.56 Å². The molecule has 14 nitrogen and oxygen atoms in total. The van der Waals surface area contributed by atoms with Crippen LogP contribution in [0, 0.1) is 0 Å². The molecular formula is C18H21N7O7. The van der Waals surface area contributed by atoms with Crippen LogP contribution >= 0.6 is 0 Å². The predicted octanol–water partition coefficient (Wildman–Crippen LogP) is -1.53. The topological polar surface area (TPSA) is 213 Å². The zero-order chi connectivity index (χ0) is 23.0. The van der Waals surface area contributed by atoms with Gasteiger partial charge >= 0.3 is 0 Å². The molecule has 1 aromatic carbocycles. The summed E-state index contributed by atoms with van der Waals surface area (Å²) in [7, 11) is 1.41. The van der Waals surface area contributed by atoms with Gasteiger partial charge in [-0.25, -0.2) is 10.4 Å². The zero-order valence-corrected chi connectivity index (χ0v) is 16.7. The Balaban J connectivity index is 1.73. The van der Waals surface area contributed by atoms with Crippen molar-refractivity contribution in [1.82, 2.24) is 19.5 Å². The fraction of sp³-hybridized carbons (Fsp3) is 0.333. The molecule has 0 saturated carbocycles. The third-order valence-corrected chi connectivity index (χ3v) is 4.92. The van der Waals surface area contributed by atoms with Crippen LogP contribution in [0.15, 0.2) is 28.1 Å². The number of aliphatic hydroxyl groups excluding tert-OH is 3. The molecule has 8 N–H and O–H groups in total. The summed E-state index contributed by atoms with van der Waals surface area (Å²) in [6.07, 6.45) is -3.75. The lowest BCUT2D eigenvalue weighted by Crippen LogP contribution is -2.33. The van der Waals surface area contributed by atoms with E-state index in [-0.39, 0.29) is 34.6 Å². The number of methoxy groups -OCH3 is 1. The number of ether oxygens (including phenoxy) is 2. The number of aliphatic hydroxyl groups is 3. The molecule has 0 aliphatic carbocycles. The molecule has 4 atom stereocenters. The molecule has 0 amide bonds. The maximum atomic E-state index is 12.3. The normalized spacial score (nSPS) is 23.2. The van der Waals surface area contributed by atoms with E-state index >= 15 is 0 Å². The van der Waals surface area contributed by atoms with Gasteiger partial charge in [-0.3, -0.25) is 14.3 Å². The molecular weight excluding hydrogens is 426 g/mol. The second kappa shape index (κ2) is 8.43. The number of phenols is 1. The summed E-state index contributed by atoms with van der Waals surface area (Å²) in [4.78, 5) is 22.8. The lowest BCUT2D eigenvalue weighted by atomic mass is 10.1. The Morgan fingerprint density at radius 3 is 2.84 bits per heavy atom. The number of hydrogen-bond acceptors (Lipinski definition) is 12. The second-order valence-corrected chi connectivity index (χ2v) is 6.96. The van der Waals surface area contributed by atoms with Crippen LogP contribution in [0.1, 0.15) is 11.8 Å². The lowest BCUT2D eigenvalue weighted by Gasteiger charge is -2.18. The number of phenolic OH excluding ortho intramolecular Hbond substituents is 1. The third-order valence-electron chi connectivity index (χ3n) is 4.92. The molecule has 1 saturated heterocycles. The van der Waals surface area contributed by atoms with E-state index < -0.39 is 36.7 Å². The van der Waals surface area contributed by atoms with Crippen molar-refractivity contribution in [3.05, 3.63) is 34.1 Å². The maximum absolute atomic E-state index is 12.3. The molecule has 0 radical (unpaired) electrons. The van der Waals surface area contributed by atoms with E-state index in [2.05, 4.69) is 25.5 Å². The number of hydrogen-bond donors (Lipinski definition) is 7. The summed E-state index contributed by atoms with van der Waals surface area (Å²) in [5.41, 5.74) is 8.10. The van der Waals surface area contributed by atoms with E-state index in [0.717, 1.165) is 0 Å².